The fraction of sp³-hybridized carbons (Fsp3) is 0.600. The van der Waals surface area contributed by atoms with Gasteiger partial charge in [0.25, 0.3) is 5.56 Å². The molecule has 92 valence electrons. The number of fused-ring (bicyclic) bond motifs is 4. The minimum Gasteiger partial charge on any atom is -0.388 e. The van der Waals surface area contributed by atoms with Crippen LogP contribution in [0.4, 0.5) is 0 Å². The molecular weight excluding hydrogens is 228 g/mol. The zero-order chi connectivity index (χ0) is 12.2. The van der Waals surface area contributed by atoms with Crippen LogP contribution in [0.5, 0.6) is 0 Å². The van der Waals surface area contributed by atoms with Crippen molar-refractivity contribution < 1.29 is 14.9 Å². The van der Waals surface area contributed by atoms with Gasteiger partial charge in [0, 0.05) is 11.8 Å². The first-order chi connectivity index (χ1) is 8.08. The average Bonchev–Trinajstić information content (AvgIpc) is 2.49. The number of aliphatic hydroxyl groups is 2. The van der Waals surface area contributed by atoms with Gasteiger partial charge in [-0.1, -0.05) is 0 Å². The highest BCUT2D eigenvalue weighted by Gasteiger charge is 2.46. The molecule has 0 aromatic carbocycles. The van der Waals surface area contributed by atoms with Crippen molar-refractivity contribution in [2.75, 3.05) is 0 Å². The molecule has 0 saturated carbocycles. The Labute approximate surface area is 95.3 Å². The summed E-state index contributed by atoms with van der Waals surface area (Å²) in [6.07, 6.45) is -2.63. The lowest BCUT2D eigenvalue weighted by molar-refractivity contribution is -0.0353. The second-order valence-electron chi connectivity index (χ2n) is 4.39. The van der Waals surface area contributed by atoms with E-state index in [-0.39, 0.29) is 0 Å². The highest BCUT2D eigenvalue weighted by Crippen LogP contribution is 2.34. The van der Waals surface area contributed by atoms with Gasteiger partial charge in [-0.25, -0.2) is 4.79 Å². The van der Waals surface area contributed by atoms with Crippen LogP contribution in [0.25, 0.3) is 0 Å². The van der Waals surface area contributed by atoms with Crippen LogP contribution in [-0.2, 0) is 11.2 Å². The minimum atomic E-state index is -1.15. The van der Waals surface area contributed by atoms with Crippen molar-refractivity contribution in [1.29, 1.82) is 0 Å². The molecular formula is C10H12N2O5. The van der Waals surface area contributed by atoms with E-state index in [1.807, 2.05) is 0 Å². The van der Waals surface area contributed by atoms with E-state index in [0.717, 1.165) is 0 Å². The Bertz CT molecular complexity index is 563. The number of hydrogen-bond acceptors (Lipinski definition) is 5. The van der Waals surface area contributed by atoms with Gasteiger partial charge in [0.15, 0.2) is 6.23 Å². The van der Waals surface area contributed by atoms with Crippen molar-refractivity contribution in [2.45, 2.75) is 37.4 Å². The number of aryl methyl sites for hydroxylation is 1. The van der Waals surface area contributed by atoms with Gasteiger partial charge in [0.05, 0.1) is 6.10 Å². The summed E-state index contributed by atoms with van der Waals surface area (Å²) < 4.78 is 6.65. The maximum absolute atomic E-state index is 11.7. The molecule has 1 aromatic rings. The number of aliphatic hydroxyl groups excluding tert-OH is 2. The second kappa shape index (κ2) is 3.52. The Morgan fingerprint density at radius 3 is 2.88 bits per heavy atom. The van der Waals surface area contributed by atoms with Crippen molar-refractivity contribution in [1.82, 2.24) is 9.55 Å². The van der Waals surface area contributed by atoms with Gasteiger partial charge in [0.1, 0.15) is 12.2 Å². The largest absolute Gasteiger partial charge is 0.388 e. The van der Waals surface area contributed by atoms with Gasteiger partial charge in [0.2, 0.25) is 0 Å². The number of H-pyrrole nitrogens is 1. The van der Waals surface area contributed by atoms with Crippen molar-refractivity contribution in [3.05, 3.63) is 32.6 Å². The molecule has 0 amide bonds. The zero-order valence-electron chi connectivity index (χ0n) is 8.87. The minimum absolute atomic E-state index is 0.462. The van der Waals surface area contributed by atoms with E-state index in [9.17, 15) is 19.8 Å². The summed E-state index contributed by atoms with van der Waals surface area (Å²) in [5.41, 5.74) is -0.558. The van der Waals surface area contributed by atoms with Crippen LogP contribution >= 0.6 is 0 Å². The van der Waals surface area contributed by atoms with Crippen molar-refractivity contribution in [3.8, 4) is 0 Å². The monoisotopic (exact) mass is 240 g/mol. The first kappa shape index (κ1) is 10.7. The molecule has 0 unspecified atom stereocenters. The van der Waals surface area contributed by atoms with E-state index in [1.54, 1.807) is 0 Å². The lowest BCUT2D eigenvalue weighted by Gasteiger charge is -2.20. The normalized spacial score (nSPS) is 35.4. The topological polar surface area (TPSA) is 105 Å². The number of rotatable bonds is 0. The van der Waals surface area contributed by atoms with Gasteiger partial charge in [-0.05, 0) is 12.8 Å². The highest BCUT2D eigenvalue weighted by molar-refractivity contribution is 5.08. The van der Waals surface area contributed by atoms with Gasteiger partial charge >= 0.3 is 5.69 Å². The Balaban J connectivity index is 2.20. The number of nitrogens with zero attached hydrogens (tertiary/aromatic N) is 1. The van der Waals surface area contributed by atoms with Crippen LogP contribution in [0.3, 0.4) is 0 Å². The third-order valence-corrected chi connectivity index (χ3v) is 3.33. The number of nitrogens with one attached hydrogen (secondary N) is 1. The first-order valence-corrected chi connectivity index (χ1v) is 5.44. The molecule has 0 aliphatic carbocycles. The van der Waals surface area contributed by atoms with E-state index < -0.39 is 35.8 Å². The number of aromatic nitrogens is 2. The van der Waals surface area contributed by atoms with Gasteiger partial charge in [-0.15, -0.1) is 0 Å². The fourth-order valence-electron chi connectivity index (χ4n) is 2.50. The Kier molecular flexibility index (Phi) is 2.22. The van der Waals surface area contributed by atoms with Crippen LogP contribution in [0.1, 0.15) is 18.3 Å². The van der Waals surface area contributed by atoms with Crippen LogP contribution < -0.4 is 11.2 Å². The molecule has 17 heavy (non-hydrogen) atoms. The summed E-state index contributed by atoms with van der Waals surface area (Å²) in [6, 6.07) is 1.32. The van der Waals surface area contributed by atoms with Crippen molar-refractivity contribution in [2.24, 2.45) is 0 Å². The van der Waals surface area contributed by atoms with Gasteiger partial charge < -0.3 is 14.9 Å². The van der Waals surface area contributed by atoms with E-state index in [1.165, 1.54) is 10.6 Å². The summed E-state index contributed by atoms with van der Waals surface area (Å²) in [5.74, 6) is 0. The van der Waals surface area contributed by atoms with Gasteiger partial charge in [-0.2, -0.15) is 0 Å². The number of hydrogen-bond donors (Lipinski definition) is 3. The lowest BCUT2D eigenvalue weighted by atomic mass is 10.0. The Hall–Kier alpha value is -1.44. The number of aromatic amines is 1. The molecule has 2 aliphatic rings. The summed E-state index contributed by atoms with van der Waals surface area (Å²) in [6.45, 7) is 0. The van der Waals surface area contributed by atoms with Crippen LogP contribution in [0.15, 0.2) is 15.7 Å². The van der Waals surface area contributed by atoms with Crippen molar-refractivity contribution in [3.63, 3.8) is 0 Å². The molecule has 1 saturated heterocycles. The quantitative estimate of drug-likeness (QED) is 0.491. The molecule has 3 rings (SSSR count). The predicted molar refractivity (Wildman–Crippen MR) is 55.6 cm³/mol. The number of ether oxygens (including phenoxy) is 1. The molecule has 4 atom stereocenters. The second-order valence-corrected chi connectivity index (χ2v) is 4.39. The molecule has 7 heteroatoms. The first-order valence-electron chi connectivity index (χ1n) is 5.44. The van der Waals surface area contributed by atoms with Crippen molar-refractivity contribution >= 4 is 0 Å². The standard InChI is InChI=1S/C10H12N2O5/c13-6-3-4-1-2-5-7(14)8(15)9(17-5)12(4)10(16)11-6/h3,5,7-9,14-15H,1-2H2,(H,11,13,16)/t5-,7-,8-,9-/m1/s1. The Morgan fingerprint density at radius 2 is 2.12 bits per heavy atom. The smallest absolute Gasteiger partial charge is 0.330 e. The molecule has 1 fully saturated rings. The molecule has 1 aromatic heterocycles. The molecule has 3 heterocycles. The van der Waals surface area contributed by atoms with Gasteiger partial charge in [-0.3, -0.25) is 14.3 Å². The Morgan fingerprint density at radius 1 is 1.35 bits per heavy atom. The fourth-order valence-corrected chi connectivity index (χ4v) is 2.50. The molecule has 0 radical (unpaired) electrons. The predicted octanol–water partition coefficient (Wildman–Crippen LogP) is -1.90. The summed E-state index contributed by atoms with van der Waals surface area (Å²) in [5, 5.41) is 19.5. The molecule has 2 bridgehead atoms. The van der Waals surface area contributed by atoms with E-state index in [2.05, 4.69) is 4.98 Å². The summed E-state index contributed by atoms with van der Waals surface area (Å²) in [7, 11) is 0. The molecule has 7 nitrogen and oxygen atoms in total. The average molecular weight is 240 g/mol. The summed E-state index contributed by atoms with van der Waals surface area (Å²) >= 11 is 0. The van der Waals surface area contributed by atoms with Crippen LogP contribution in [0, 0.1) is 0 Å². The third-order valence-electron chi connectivity index (χ3n) is 3.33. The highest BCUT2D eigenvalue weighted by atomic mass is 16.6. The zero-order valence-corrected chi connectivity index (χ0v) is 8.87. The van der Waals surface area contributed by atoms with Crippen LogP contribution in [-0.4, -0.2) is 38.1 Å². The third kappa shape index (κ3) is 1.47. The molecule has 0 spiro atoms. The van der Waals surface area contributed by atoms with E-state index in [0.29, 0.717) is 18.5 Å². The molecule has 2 aliphatic heterocycles. The summed E-state index contributed by atoms with van der Waals surface area (Å²) in [4.78, 5) is 25.0. The molecule has 3 N–H and O–H groups in total. The van der Waals surface area contributed by atoms with E-state index in [4.69, 9.17) is 4.74 Å². The van der Waals surface area contributed by atoms with E-state index >= 15 is 0 Å². The maximum atomic E-state index is 11.7. The SMILES string of the molecule is O=c1cc2n(c(=O)[nH]1)[C@@H]1O[C@H](CC2)[C@@H](O)[C@H]1O. The van der Waals surface area contributed by atoms with Crippen LogP contribution in [0.2, 0.25) is 0 Å². The maximum Gasteiger partial charge on any atom is 0.330 e. The lowest BCUT2D eigenvalue weighted by Crippen LogP contribution is -2.40.